The fourth-order valence-electron chi connectivity index (χ4n) is 1.15. The normalized spacial score (nSPS) is 12.8. The second kappa shape index (κ2) is 5.72. The van der Waals surface area contributed by atoms with Crippen molar-refractivity contribution < 1.29 is 17.6 Å². The quantitative estimate of drug-likeness (QED) is 0.816. The lowest BCUT2D eigenvalue weighted by Gasteiger charge is -2.11. The lowest BCUT2D eigenvalue weighted by molar-refractivity contribution is -0.115. The van der Waals surface area contributed by atoms with Crippen LogP contribution in [0.25, 0.3) is 0 Å². The number of carbonyl (C=O) groups excluding carboxylic acids is 1. The molecule has 18 heavy (non-hydrogen) atoms. The number of pyridine rings is 1. The maximum atomic E-state index is 12.6. The molecule has 0 radical (unpaired) electrons. The summed E-state index contributed by atoms with van der Waals surface area (Å²) in [6.45, 7) is 4.59. The third-order valence-corrected chi connectivity index (χ3v) is 4.23. The number of anilines is 1. The number of sulfone groups is 1. The summed E-state index contributed by atoms with van der Waals surface area (Å²) in [5.74, 6) is -1.43. The van der Waals surface area contributed by atoms with Crippen LogP contribution in [0.1, 0.15) is 6.92 Å². The largest absolute Gasteiger partial charge is 0.310 e. The number of hydrogen-bond donors (Lipinski definition) is 1. The van der Waals surface area contributed by atoms with Crippen LogP contribution in [-0.2, 0) is 14.6 Å². The van der Waals surface area contributed by atoms with Gasteiger partial charge in [0.1, 0.15) is 16.9 Å². The fourth-order valence-corrected chi connectivity index (χ4v) is 2.15. The molecule has 0 spiro atoms. The summed E-state index contributed by atoms with van der Waals surface area (Å²) in [4.78, 5) is 15.3. The standard InChI is InChI=1S/C11H13FN2O3S/c1-3-6-18(16,17)8(2)11(15)14-10-5-4-9(12)7-13-10/h3-5,7-8H,1,6H2,2H3,(H,13,14,15). The molecule has 0 aliphatic carbocycles. The van der Waals surface area contributed by atoms with E-state index in [4.69, 9.17) is 0 Å². The molecular weight excluding hydrogens is 259 g/mol. The molecule has 7 heteroatoms. The Hall–Kier alpha value is -1.76. The Balaban J connectivity index is 2.77. The molecule has 1 rings (SSSR count). The highest BCUT2D eigenvalue weighted by molar-refractivity contribution is 7.92. The van der Waals surface area contributed by atoms with E-state index in [1.54, 1.807) is 0 Å². The third-order valence-electron chi connectivity index (χ3n) is 2.24. The van der Waals surface area contributed by atoms with Gasteiger partial charge in [-0.1, -0.05) is 6.08 Å². The van der Waals surface area contributed by atoms with Gasteiger partial charge < -0.3 is 5.32 Å². The molecule has 1 aromatic heterocycles. The second-order valence-electron chi connectivity index (χ2n) is 3.61. The predicted octanol–water partition coefficient (Wildman–Crippen LogP) is 1.15. The molecular formula is C11H13FN2O3S. The van der Waals surface area contributed by atoms with E-state index in [0.29, 0.717) is 0 Å². The molecule has 1 aromatic rings. The van der Waals surface area contributed by atoms with Crippen LogP contribution >= 0.6 is 0 Å². The Labute approximate surface area is 105 Å². The summed E-state index contributed by atoms with van der Waals surface area (Å²) in [6, 6.07) is 2.37. The first-order chi connectivity index (χ1) is 8.36. The number of halogens is 1. The van der Waals surface area contributed by atoms with Crippen molar-refractivity contribution in [2.75, 3.05) is 11.1 Å². The van der Waals surface area contributed by atoms with E-state index in [-0.39, 0.29) is 11.6 Å². The minimum absolute atomic E-state index is 0.0991. The Bertz CT molecular complexity index is 540. The number of aromatic nitrogens is 1. The molecule has 1 atom stereocenters. The van der Waals surface area contributed by atoms with Crippen LogP contribution in [-0.4, -0.2) is 30.3 Å². The molecule has 0 bridgehead atoms. The summed E-state index contributed by atoms with van der Waals surface area (Å²) < 4.78 is 35.8. The van der Waals surface area contributed by atoms with Crippen molar-refractivity contribution in [1.29, 1.82) is 0 Å². The van der Waals surface area contributed by atoms with E-state index >= 15 is 0 Å². The van der Waals surface area contributed by atoms with E-state index in [0.717, 1.165) is 12.3 Å². The van der Waals surface area contributed by atoms with Crippen molar-refractivity contribution in [2.45, 2.75) is 12.2 Å². The molecule has 1 unspecified atom stereocenters. The molecule has 1 heterocycles. The van der Waals surface area contributed by atoms with Crippen LogP contribution in [0.5, 0.6) is 0 Å². The maximum absolute atomic E-state index is 12.6. The van der Waals surface area contributed by atoms with Crippen LogP contribution in [0.3, 0.4) is 0 Å². The molecule has 0 saturated heterocycles. The zero-order valence-electron chi connectivity index (χ0n) is 9.76. The van der Waals surface area contributed by atoms with Gasteiger partial charge >= 0.3 is 0 Å². The molecule has 0 fully saturated rings. The lowest BCUT2D eigenvalue weighted by atomic mass is 10.4. The average Bonchev–Trinajstić information content (AvgIpc) is 2.31. The molecule has 0 aliphatic heterocycles. The number of carbonyl (C=O) groups is 1. The first-order valence-corrected chi connectivity index (χ1v) is 6.83. The summed E-state index contributed by atoms with van der Waals surface area (Å²) in [5.41, 5.74) is 0. The predicted molar refractivity (Wildman–Crippen MR) is 66.3 cm³/mol. The van der Waals surface area contributed by atoms with Crippen LogP contribution < -0.4 is 5.32 Å². The smallest absolute Gasteiger partial charge is 0.243 e. The fraction of sp³-hybridized carbons (Fsp3) is 0.273. The van der Waals surface area contributed by atoms with Gasteiger partial charge in [-0.2, -0.15) is 0 Å². The van der Waals surface area contributed by atoms with Crippen LogP contribution in [0.4, 0.5) is 10.2 Å². The van der Waals surface area contributed by atoms with Crippen molar-refractivity contribution in [2.24, 2.45) is 0 Å². The number of hydrogen-bond acceptors (Lipinski definition) is 4. The molecule has 98 valence electrons. The van der Waals surface area contributed by atoms with Crippen LogP contribution in [0, 0.1) is 5.82 Å². The van der Waals surface area contributed by atoms with Crippen LogP contribution in [0.15, 0.2) is 31.0 Å². The van der Waals surface area contributed by atoms with E-state index in [1.165, 1.54) is 19.1 Å². The molecule has 1 amide bonds. The maximum Gasteiger partial charge on any atom is 0.243 e. The second-order valence-corrected chi connectivity index (χ2v) is 5.98. The third kappa shape index (κ3) is 3.63. The zero-order chi connectivity index (χ0) is 13.8. The number of amides is 1. The molecule has 0 saturated carbocycles. The first-order valence-electron chi connectivity index (χ1n) is 5.11. The SMILES string of the molecule is C=CCS(=O)(=O)C(C)C(=O)Nc1ccc(F)cn1. The summed E-state index contributed by atoms with van der Waals surface area (Å²) in [6.07, 6.45) is 2.15. The van der Waals surface area contributed by atoms with E-state index in [2.05, 4.69) is 16.9 Å². The van der Waals surface area contributed by atoms with Gasteiger partial charge in [-0.15, -0.1) is 6.58 Å². The van der Waals surface area contributed by atoms with Crippen LogP contribution in [0.2, 0.25) is 0 Å². The number of nitrogens with zero attached hydrogens (tertiary/aromatic N) is 1. The molecule has 5 nitrogen and oxygen atoms in total. The summed E-state index contributed by atoms with van der Waals surface area (Å²) in [5, 5.41) is 1.08. The van der Waals surface area contributed by atoms with Crippen molar-refractivity contribution in [1.82, 2.24) is 4.98 Å². The molecule has 0 aromatic carbocycles. The highest BCUT2D eigenvalue weighted by Crippen LogP contribution is 2.08. The Morgan fingerprint density at radius 2 is 2.28 bits per heavy atom. The highest BCUT2D eigenvalue weighted by Gasteiger charge is 2.26. The van der Waals surface area contributed by atoms with Gasteiger partial charge in [0.15, 0.2) is 9.84 Å². The summed E-state index contributed by atoms with van der Waals surface area (Å²) >= 11 is 0. The Morgan fingerprint density at radius 3 is 2.78 bits per heavy atom. The van der Waals surface area contributed by atoms with Crippen molar-refractivity contribution in [3.63, 3.8) is 0 Å². The van der Waals surface area contributed by atoms with Gasteiger partial charge in [-0.25, -0.2) is 17.8 Å². The van der Waals surface area contributed by atoms with E-state index < -0.39 is 26.8 Å². The summed E-state index contributed by atoms with van der Waals surface area (Å²) in [7, 11) is -3.57. The van der Waals surface area contributed by atoms with Gasteiger partial charge in [0.2, 0.25) is 5.91 Å². The number of nitrogens with one attached hydrogen (secondary N) is 1. The minimum atomic E-state index is -3.57. The Morgan fingerprint density at radius 1 is 1.61 bits per heavy atom. The first kappa shape index (κ1) is 14.3. The minimum Gasteiger partial charge on any atom is -0.310 e. The van der Waals surface area contributed by atoms with Gasteiger partial charge in [-0.3, -0.25) is 4.79 Å². The van der Waals surface area contributed by atoms with Gasteiger partial charge in [-0.05, 0) is 19.1 Å². The molecule has 0 aliphatic rings. The lowest BCUT2D eigenvalue weighted by Crippen LogP contribution is -2.34. The van der Waals surface area contributed by atoms with Gasteiger partial charge in [0.05, 0.1) is 11.9 Å². The van der Waals surface area contributed by atoms with Crippen molar-refractivity contribution in [3.05, 3.63) is 36.8 Å². The van der Waals surface area contributed by atoms with Crippen molar-refractivity contribution >= 4 is 21.6 Å². The average molecular weight is 272 g/mol. The molecule has 1 N–H and O–H groups in total. The van der Waals surface area contributed by atoms with Gasteiger partial charge in [0.25, 0.3) is 0 Å². The Kier molecular flexibility index (Phi) is 4.55. The van der Waals surface area contributed by atoms with E-state index in [9.17, 15) is 17.6 Å². The topological polar surface area (TPSA) is 76.1 Å². The highest BCUT2D eigenvalue weighted by atomic mass is 32.2. The van der Waals surface area contributed by atoms with Gasteiger partial charge in [0, 0.05) is 0 Å². The number of rotatable bonds is 5. The zero-order valence-corrected chi connectivity index (χ0v) is 10.6. The van der Waals surface area contributed by atoms with Crippen molar-refractivity contribution in [3.8, 4) is 0 Å². The monoisotopic (exact) mass is 272 g/mol. The van der Waals surface area contributed by atoms with E-state index in [1.807, 2.05) is 0 Å².